The molecule has 0 spiro atoms. The third kappa shape index (κ3) is 6.74. The molecule has 1 aromatic carbocycles. The summed E-state index contributed by atoms with van der Waals surface area (Å²) in [6, 6.07) is 10.1. The molecule has 6 atom stereocenters. The quantitative estimate of drug-likeness (QED) is 0.152. The van der Waals surface area contributed by atoms with Crippen molar-refractivity contribution >= 4 is 25.1 Å². The van der Waals surface area contributed by atoms with E-state index in [-0.39, 0.29) is 24.0 Å². The van der Waals surface area contributed by atoms with Crippen molar-refractivity contribution in [3.63, 3.8) is 0 Å². The molecule has 1 aliphatic heterocycles. The van der Waals surface area contributed by atoms with Crippen LogP contribution in [0.1, 0.15) is 45.0 Å². The molecule has 1 amide bonds. The molecule has 14 nitrogen and oxygen atoms in total. The molecule has 3 aromatic rings. The number of aliphatic hydroxyl groups excluding tert-OH is 2. The van der Waals surface area contributed by atoms with E-state index in [9.17, 15) is 24.4 Å². The fourth-order valence-electron chi connectivity index (χ4n) is 4.86. The summed E-state index contributed by atoms with van der Waals surface area (Å²) in [7, 11) is -4.35. The van der Waals surface area contributed by atoms with Crippen LogP contribution in [0.4, 0.5) is 0 Å². The predicted molar refractivity (Wildman–Crippen MR) is 154 cm³/mol. The number of fused-ring (bicyclic) bond motifs is 1. The zero-order chi connectivity index (χ0) is 31.4. The summed E-state index contributed by atoms with van der Waals surface area (Å²) in [5.74, 6) is -1.39. The normalized spacial score (nSPS) is 24.1. The van der Waals surface area contributed by atoms with Crippen LogP contribution in [-0.2, 0) is 33.8 Å². The van der Waals surface area contributed by atoms with E-state index in [1.54, 1.807) is 31.2 Å². The fraction of sp³-hybridized carbons (Fsp3) is 0.500. The lowest BCUT2D eigenvalue weighted by molar-refractivity contribution is -0.155. The smallest absolute Gasteiger partial charge is 0.459 e. The number of hydrogen-bond donors (Lipinski definition) is 4. The van der Waals surface area contributed by atoms with Gasteiger partial charge in [-0.1, -0.05) is 44.9 Å². The van der Waals surface area contributed by atoms with Crippen LogP contribution in [0.15, 0.2) is 48.8 Å². The van der Waals surface area contributed by atoms with Crippen LogP contribution in [0.5, 0.6) is 5.75 Å². The number of ether oxygens (including phenoxy) is 2. The average Bonchev–Trinajstić information content (AvgIpc) is 3.53. The van der Waals surface area contributed by atoms with Gasteiger partial charge < -0.3 is 29.9 Å². The van der Waals surface area contributed by atoms with Crippen LogP contribution in [-0.4, -0.2) is 74.3 Å². The highest BCUT2D eigenvalue weighted by Gasteiger charge is 2.61. The van der Waals surface area contributed by atoms with Gasteiger partial charge in [-0.15, -0.1) is 0 Å². The van der Waals surface area contributed by atoms with Gasteiger partial charge in [-0.25, -0.2) is 14.1 Å². The van der Waals surface area contributed by atoms with Crippen molar-refractivity contribution in [1.29, 1.82) is 0 Å². The van der Waals surface area contributed by atoms with E-state index in [0.29, 0.717) is 11.2 Å². The molecule has 1 fully saturated rings. The number of esters is 1. The summed E-state index contributed by atoms with van der Waals surface area (Å²) < 4.78 is 37.9. The van der Waals surface area contributed by atoms with E-state index in [2.05, 4.69) is 15.2 Å². The lowest BCUT2D eigenvalue weighted by Gasteiger charge is -2.28. The Hall–Kier alpha value is -3.39. The van der Waals surface area contributed by atoms with Crippen molar-refractivity contribution in [2.24, 2.45) is 11.7 Å². The summed E-state index contributed by atoms with van der Waals surface area (Å²) in [4.78, 5) is 29.7. The number of aliphatic hydroxyl groups is 2. The van der Waals surface area contributed by atoms with Gasteiger partial charge >= 0.3 is 13.7 Å². The van der Waals surface area contributed by atoms with Crippen molar-refractivity contribution in [2.45, 2.75) is 70.5 Å². The van der Waals surface area contributed by atoms with Crippen LogP contribution >= 0.6 is 7.75 Å². The molecular formula is C28H38N5O9P. The molecule has 0 bridgehead atoms. The number of aryl methyl sites for hydroxylation is 1. The van der Waals surface area contributed by atoms with Gasteiger partial charge in [0, 0.05) is 0 Å². The summed E-state index contributed by atoms with van der Waals surface area (Å²) in [5, 5.41) is 28.8. The first-order chi connectivity index (χ1) is 20.5. The summed E-state index contributed by atoms with van der Waals surface area (Å²) in [5.41, 5.74) is 4.69. The monoisotopic (exact) mass is 619 g/mol. The fourth-order valence-corrected chi connectivity index (χ4v) is 6.36. The van der Waals surface area contributed by atoms with E-state index in [1.165, 1.54) is 36.0 Å². The maximum Gasteiger partial charge on any atom is 0.459 e. The molecule has 4 rings (SSSR count). The predicted octanol–water partition coefficient (Wildman–Crippen LogP) is 2.00. The zero-order valence-electron chi connectivity index (χ0n) is 24.5. The number of hydrogen-bond acceptors (Lipinski definition) is 11. The molecule has 0 radical (unpaired) electrons. The third-order valence-electron chi connectivity index (χ3n) is 7.55. The van der Waals surface area contributed by atoms with E-state index < -0.39 is 56.2 Å². The van der Waals surface area contributed by atoms with Crippen molar-refractivity contribution in [3.05, 3.63) is 60.2 Å². The Morgan fingerprint density at radius 2 is 1.88 bits per heavy atom. The van der Waals surface area contributed by atoms with Crippen LogP contribution in [0, 0.1) is 12.8 Å². The highest BCUT2D eigenvalue weighted by atomic mass is 31.2. The first-order valence-corrected chi connectivity index (χ1v) is 15.6. The molecule has 43 heavy (non-hydrogen) atoms. The Balaban J connectivity index is 1.56. The van der Waals surface area contributed by atoms with Gasteiger partial charge in [0.2, 0.25) is 5.60 Å². The zero-order valence-corrected chi connectivity index (χ0v) is 25.3. The topological polar surface area (TPSA) is 197 Å². The average molecular weight is 620 g/mol. The minimum Gasteiger partial charge on any atom is -0.464 e. The Morgan fingerprint density at radius 1 is 1.19 bits per heavy atom. The second-order valence-corrected chi connectivity index (χ2v) is 12.1. The molecule has 0 unspecified atom stereocenters. The maximum absolute atomic E-state index is 14.0. The molecule has 234 valence electrons. The molecule has 1 saturated heterocycles. The van der Waals surface area contributed by atoms with Gasteiger partial charge in [0.05, 0.1) is 30.1 Å². The highest BCUT2D eigenvalue weighted by Crippen LogP contribution is 2.47. The Kier molecular flexibility index (Phi) is 10.2. The Bertz CT molecular complexity index is 1470. The molecule has 1 aliphatic rings. The lowest BCUT2D eigenvalue weighted by Crippen LogP contribution is -2.51. The van der Waals surface area contributed by atoms with Crippen molar-refractivity contribution in [1.82, 2.24) is 19.7 Å². The van der Waals surface area contributed by atoms with E-state index >= 15 is 0 Å². The Labute approximate surface area is 249 Å². The second kappa shape index (κ2) is 13.5. The number of nitrogens with one attached hydrogen (secondary N) is 1. The molecule has 15 heteroatoms. The van der Waals surface area contributed by atoms with E-state index in [1.807, 2.05) is 13.8 Å². The minimum absolute atomic E-state index is 0.0604. The number of primary amides is 1. The number of amides is 1. The number of aromatic nitrogens is 3. The van der Waals surface area contributed by atoms with Crippen molar-refractivity contribution in [3.8, 4) is 5.75 Å². The van der Waals surface area contributed by atoms with Gasteiger partial charge in [0.1, 0.15) is 36.4 Å². The van der Waals surface area contributed by atoms with Crippen molar-refractivity contribution in [2.75, 3.05) is 13.2 Å². The van der Waals surface area contributed by atoms with Crippen LogP contribution in [0.3, 0.4) is 0 Å². The summed E-state index contributed by atoms with van der Waals surface area (Å²) in [6.07, 6.45) is -2.01. The number of para-hydroxylation sites is 1. The lowest BCUT2D eigenvalue weighted by atomic mass is 9.90. The summed E-state index contributed by atoms with van der Waals surface area (Å²) in [6.45, 7) is 6.75. The molecule has 3 heterocycles. The largest absolute Gasteiger partial charge is 0.464 e. The van der Waals surface area contributed by atoms with Crippen LogP contribution in [0.2, 0.25) is 0 Å². The number of benzene rings is 1. The highest BCUT2D eigenvalue weighted by molar-refractivity contribution is 7.52. The third-order valence-corrected chi connectivity index (χ3v) is 9.19. The SMILES string of the molecule is CCC(CC)COC(=O)[C@H](C)N[P@](=O)(OC[C@H]1O[C@@](C(N)=O)(c2ccc3c(C)ncnn23)[C@H](O)[C@@H]1O)Oc1ccccc1. The van der Waals surface area contributed by atoms with Gasteiger partial charge in [-0.05, 0) is 44.0 Å². The Morgan fingerprint density at radius 3 is 2.53 bits per heavy atom. The molecule has 2 aromatic heterocycles. The first-order valence-electron chi connectivity index (χ1n) is 14.0. The number of nitrogens with two attached hydrogens (primary N) is 1. The minimum atomic E-state index is -4.35. The standard InChI is InChI=1S/C28H38N5O9P/c1-5-19(6-2)14-39-26(36)18(4)32-43(38,42-20-10-8-7-9-11-20)40-15-22-24(34)25(35)28(41-22,27(29)37)23-13-12-21-17(3)30-16-31-33(21)23/h7-13,16,18-19,22,24-25,34-35H,5-6,14-15H2,1-4H3,(H2,29,37)(H,32,38)/t18-,22+,24+,25+,28-,43-/m0/s1. The second-order valence-electron chi connectivity index (χ2n) is 10.4. The maximum atomic E-state index is 14.0. The molecule has 0 aliphatic carbocycles. The molecule has 5 N–H and O–H groups in total. The van der Waals surface area contributed by atoms with E-state index in [4.69, 9.17) is 24.3 Å². The van der Waals surface area contributed by atoms with Crippen LogP contribution < -0.4 is 15.3 Å². The number of carbonyl (C=O) groups excluding carboxylic acids is 2. The molecule has 0 saturated carbocycles. The number of nitrogens with zero attached hydrogens (tertiary/aromatic N) is 3. The number of rotatable bonds is 14. The first kappa shape index (κ1) is 32.5. The van der Waals surface area contributed by atoms with E-state index in [0.717, 1.165) is 12.8 Å². The molecular weight excluding hydrogens is 581 g/mol. The van der Waals surface area contributed by atoms with Gasteiger partial charge in [-0.2, -0.15) is 10.2 Å². The number of carbonyl (C=O) groups is 2. The van der Waals surface area contributed by atoms with Gasteiger partial charge in [0.25, 0.3) is 5.91 Å². The van der Waals surface area contributed by atoms with Gasteiger partial charge in [0.15, 0.2) is 0 Å². The summed E-state index contributed by atoms with van der Waals surface area (Å²) >= 11 is 0. The van der Waals surface area contributed by atoms with Crippen LogP contribution in [0.25, 0.3) is 5.52 Å². The van der Waals surface area contributed by atoms with Gasteiger partial charge in [-0.3, -0.25) is 14.1 Å². The van der Waals surface area contributed by atoms with Crippen molar-refractivity contribution < 1.29 is 42.9 Å².